The maximum absolute atomic E-state index is 13.2. The van der Waals surface area contributed by atoms with Crippen LogP contribution in [-0.2, 0) is 12.7 Å². The molecule has 0 atom stereocenters. The number of alkyl halides is 3. The van der Waals surface area contributed by atoms with E-state index in [9.17, 15) is 13.2 Å². The highest BCUT2D eigenvalue weighted by atomic mass is 32.1. The van der Waals surface area contributed by atoms with Gasteiger partial charge in [0, 0.05) is 45.1 Å². The number of rotatable bonds is 3. The molecular formula is C18H17F3N4S. The van der Waals surface area contributed by atoms with Crippen molar-refractivity contribution in [1.82, 2.24) is 14.9 Å². The van der Waals surface area contributed by atoms with Crippen LogP contribution in [0.1, 0.15) is 11.1 Å². The van der Waals surface area contributed by atoms with Crippen LogP contribution in [0.15, 0.2) is 42.7 Å². The number of pyridine rings is 1. The Morgan fingerprint density at radius 3 is 2.54 bits per heavy atom. The lowest BCUT2D eigenvalue weighted by Gasteiger charge is -2.34. The Hall–Kier alpha value is -2.19. The van der Waals surface area contributed by atoms with Gasteiger partial charge in [0.25, 0.3) is 0 Å². The molecule has 26 heavy (non-hydrogen) atoms. The lowest BCUT2D eigenvalue weighted by molar-refractivity contribution is -0.136. The van der Waals surface area contributed by atoms with Crippen molar-refractivity contribution >= 4 is 26.7 Å². The molecule has 0 bridgehead atoms. The second kappa shape index (κ2) is 6.85. The second-order valence-electron chi connectivity index (χ2n) is 6.27. The van der Waals surface area contributed by atoms with Gasteiger partial charge in [0.2, 0.25) is 0 Å². The topological polar surface area (TPSA) is 32.3 Å². The number of nitrogens with zero attached hydrogens (tertiary/aromatic N) is 4. The number of hydrogen-bond acceptors (Lipinski definition) is 5. The Bertz CT molecular complexity index is 886. The van der Waals surface area contributed by atoms with Crippen LogP contribution in [0, 0.1) is 0 Å². The lowest BCUT2D eigenvalue weighted by atomic mass is 10.2. The second-order valence-corrected chi connectivity index (χ2v) is 7.28. The Labute approximate surface area is 152 Å². The van der Waals surface area contributed by atoms with Crippen LogP contribution in [0.3, 0.4) is 0 Å². The molecule has 0 aliphatic carbocycles. The monoisotopic (exact) mass is 378 g/mol. The van der Waals surface area contributed by atoms with Crippen LogP contribution < -0.4 is 4.90 Å². The van der Waals surface area contributed by atoms with Crippen molar-refractivity contribution in [3.05, 3.63) is 53.9 Å². The van der Waals surface area contributed by atoms with Crippen molar-refractivity contribution in [2.24, 2.45) is 0 Å². The lowest BCUT2D eigenvalue weighted by Crippen LogP contribution is -2.45. The number of fused-ring (bicyclic) bond motifs is 1. The molecule has 0 spiro atoms. The fourth-order valence-corrected chi connectivity index (χ4v) is 4.19. The molecule has 0 unspecified atom stereocenters. The SMILES string of the molecule is FC(F)(F)c1cccc2sc(N3CCN(Cc4cccnc4)CC3)nc12. The van der Waals surface area contributed by atoms with Crippen molar-refractivity contribution in [3.63, 3.8) is 0 Å². The standard InChI is InChI=1S/C18H17F3N4S/c19-18(20,21)14-4-1-5-15-16(14)23-17(26-15)25-9-7-24(8-10-25)12-13-3-2-6-22-11-13/h1-6,11H,7-10,12H2. The predicted octanol–water partition coefficient (Wildman–Crippen LogP) is 4.03. The van der Waals surface area contributed by atoms with Crippen LogP contribution in [0.4, 0.5) is 18.3 Å². The quantitative estimate of drug-likeness (QED) is 0.689. The minimum Gasteiger partial charge on any atom is -0.345 e. The summed E-state index contributed by atoms with van der Waals surface area (Å²) in [5, 5.41) is 0.665. The summed E-state index contributed by atoms with van der Waals surface area (Å²) in [7, 11) is 0. The predicted molar refractivity (Wildman–Crippen MR) is 96.3 cm³/mol. The number of halogens is 3. The summed E-state index contributed by atoms with van der Waals surface area (Å²) in [6, 6.07) is 8.21. The average Bonchev–Trinajstić information content (AvgIpc) is 3.06. The largest absolute Gasteiger partial charge is 0.418 e. The van der Waals surface area contributed by atoms with Crippen LogP contribution in [0.25, 0.3) is 10.2 Å². The van der Waals surface area contributed by atoms with Gasteiger partial charge in [0.1, 0.15) is 0 Å². The Morgan fingerprint density at radius 2 is 1.85 bits per heavy atom. The molecule has 136 valence electrons. The maximum atomic E-state index is 13.2. The summed E-state index contributed by atoms with van der Waals surface area (Å²) < 4.78 is 40.1. The molecule has 0 radical (unpaired) electrons. The average molecular weight is 378 g/mol. The summed E-state index contributed by atoms with van der Waals surface area (Å²) in [6.45, 7) is 4.02. The first kappa shape index (κ1) is 17.2. The van der Waals surface area contributed by atoms with E-state index in [1.54, 1.807) is 12.3 Å². The number of thiazole rings is 1. The Balaban J connectivity index is 1.48. The van der Waals surface area contributed by atoms with E-state index in [1.807, 2.05) is 18.3 Å². The molecule has 1 saturated heterocycles. The Kier molecular flexibility index (Phi) is 4.54. The maximum Gasteiger partial charge on any atom is 0.418 e. The van der Waals surface area contributed by atoms with E-state index in [0.29, 0.717) is 9.83 Å². The zero-order chi connectivity index (χ0) is 18.1. The number of hydrogen-bond donors (Lipinski definition) is 0. The van der Waals surface area contributed by atoms with E-state index in [0.717, 1.165) is 44.4 Å². The first-order chi connectivity index (χ1) is 12.5. The third-order valence-corrected chi connectivity index (χ3v) is 5.57. The molecule has 1 aromatic carbocycles. The van der Waals surface area contributed by atoms with E-state index >= 15 is 0 Å². The van der Waals surface area contributed by atoms with Crippen LogP contribution in [-0.4, -0.2) is 41.0 Å². The molecule has 1 aliphatic heterocycles. The van der Waals surface area contributed by atoms with E-state index in [1.165, 1.54) is 17.4 Å². The zero-order valence-electron chi connectivity index (χ0n) is 13.9. The van der Waals surface area contributed by atoms with Crippen molar-refractivity contribution < 1.29 is 13.2 Å². The van der Waals surface area contributed by atoms with Crippen LogP contribution in [0.2, 0.25) is 0 Å². The van der Waals surface area contributed by atoms with Gasteiger partial charge in [-0.05, 0) is 23.8 Å². The van der Waals surface area contributed by atoms with Crippen molar-refractivity contribution in [1.29, 1.82) is 0 Å². The minimum absolute atomic E-state index is 0.0535. The van der Waals surface area contributed by atoms with Gasteiger partial charge in [-0.3, -0.25) is 9.88 Å². The highest BCUT2D eigenvalue weighted by Gasteiger charge is 2.34. The van der Waals surface area contributed by atoms with E-state index in [-0.39, 0.29) is 5.52 Å². The first-order valence-corrected chi connectivity index (χ1v) is 9.15. The summed E-state index contributed by atoms with van der Waals surface area (Å²) in [4.78, 5) is 12.8. The highest BCUT2D eigenvalue weighted by molar-refractivity contribution is 7.22. The summed E-state index contributed by atoms with van der Waals surface area (Å²) in [6.07, 6.45) is -0.768. The van der Waals surface area contributed by atoms with E-state index < -0.39 is 11.7 Å². The highest BCUT2D eigenvalue weighted by Crippen LogP contribution is 2.38. The van der Waals surface area contributed by atoms with Gasteiger partial charge in [0.15, 0.2) is 5.13 Å². The molecule has 1 fully saturated rings. The van der Waals surface area contributed by atoms with Crippen molar-refractivity contribution in [2.75, 3.05) is 31.1 Å². The molecule has 0 saturated carbocycles. The van der Waals surface area contributed by atoms with Gasteiger partial charge in [0.05, 0.1) is 15.8 Å². The van der Waals surface area contributed by atoms with E-state index in [2.05, 4.69) is 19.8 Å². The molecule has 4 nitrogen and oxygen atoms in total. The fourth-order valence-electron chi connectivity index (χ4n) is 3.15. The normalized spacial score (nSPS) is 16.3. The van der Waals surface area contributed by atoms with Gasteiger partial charge in [-0.15, -0.1) is 0 Å². The molecule has 3 aromatic rings. The molecule has 4 rings (SSSR count). The van der Waals surface area contributed by atoms with Gasteiger partial charge in [-0.25, -0.2) is 4.98 Å². The summed E-state index contributed by atoms with van der Waals surface area (Å²) >= 11 is 1.33. The molecule has 3 heterocycles. The van der Waals surface area contributed by atoms with Crippen molar-refractivity contribution in [3.8, 4) is 0 Å². The van der Waals surface area contributed by atoms with Crippen LogP contribution in [0.5, 0.6) is 0 Å². The number of para-hydroxylation sites is 1. The molecule has 1 aliphatic rings. The third-order valence-electron chi connectivity index (χ3n) is 4.48. The minimum atomic E-state index is -4.38. The van der Waals surface area contributed by atoms with Crippen molar-refractivity contribution in [2.45, 2.75) is 12.7 Å². The molecule has 0 N–H and O–H groups in total. The number of anilines is 1. The fraction of sp³-hybridized carbons (Fsp3) is 0.333. The number of aromatic nitrogens is 2. The molecular weight excluding hydrogens is 361 g/mol. The zero-order valence-corrected chi connectivity index (χ0v) is 14.7. The van der Waals surface area contributed by atoms with Gasteiger partial charge < -0.3 is 4.90 Å². The van der Waals surface area contributed by atoms with Gasteiger partial charge in [-0.1, -0.05) is 23.5 Å². The third kappa shape index (κ3) is 3.52. The summed E-state index contributed by atoms with van der Waals surface area (Å²) in [5.41, 5.74) is 0.557. The molecule has 8 heteroatoms. The molecule has 2 aromatic heterocycles. The van der Waals surface area contributed by atoms with Gasteiger partial charge in [-0.2, -0.15) is 13.2 Å². The van der Waals surface area contributed by atoms with E-state index in [4.69, 9.17) is 0 Å². The smallest absolute Gasteiger partial charge is 0.345 e. The molecule has 0 amide bonds. The number of benzene rings is 1. The Morgan fingerprint density at radius 1 is 1.04 bits per heavy atom. The van der Waals surface area contributed by atoms with Crippen LogP contribution >= 0.6 is 11.3 Å². The number of piperazine rings is 1. The summed E-state index contributed by atoms with van der Waals surface area (Å²) in [5.74, 6) is 0. The van der Waals surface area contributed by atoms with Gasteiger partial charge >= 0.3 is 6.18 Å². The first-order valence-electron chi connectivity index (χ1n) is 8.34.